The molecule has 0 aliphatic rings. The zero-order valence-electron chi connectivity index (χ0n) is 11.1. The van der Waals surface area contributed by atoms with E-state index in [1.807, 2.05) is 0 Å². The average Bonchev–Trinajstić information content (AvgIpc) is 2.33. The van der Waals surface area contributed by atoms with Crippen molar-refractivity contribution < 1.29 is 12.8 Å². The first kappa shape index (κ1) is 14.3. The molecule has 0 aliphatic carbocycles. The predicted octanol–water partition coefficient (Wildman–Crippen LogP) is 2.83. The highest BCUT2D eigenvalue weighted by Gasteiger charge is 2.18. The van der Waals surface area contributed by atoms with Gasteiger partial charge in [-0.25, -0.2) is 12.8 Å². The van der Waals surface area contributed by atoms with E-state index in [1.54, 1.807) is 26.0 Å². The molecule has 4 nitrogen and oxygen atoms in total. The Morgan fingerprint density at radius 2 is 1.80 bits per heavy atom. The Kier molecular flexibility index (Phi) is 3.67. The number of nitrogens with two attached hydrogens (primary N) is 1. The van der Waals surface area contributed by atoms with Crippen molar-refractivity contribution >= 4 is 21.4 Å². The molecular weight excluding hydrogens is 279 g/mol. The maximum atomic E-state index is 13.6. The summed E-state index contributed by atoms with van der Waals surface area (Å²) in [6.07, 6.45) is 0. The molecule has 6 heteroatoms. The lowest BCUT2D eigenvalue weighted by atomic mass is 10.2. The summed E-state index contributed by atoms with van der Waals surface area (Å²) in [5.41, 5.74) is 7.27. The van der Waals surface area contributed by atoms with E-state index in [0.717, 1.165) is 5.56 Å². The number of nitrogen functional groups attached to an aromatic ring is 1. The summed E-state index contributed by atoms with van der Waals surface area (Å²) in [7, 11) is -3.85. The number of benzene rings is 2. The average molecular weight is 294 g/mol. The van der Waals surface area contributed by atoms with Gasteiger partial charge in [-0.3, -0.25) is 4.72 Å². The van der Waals surface area contributed by atoms with Gasteiger partial charge in [-0.05, 0) is 55.3 Å². The molecule has 0 spiro atoms. The first-order chi connectivity index (χ1) is 9.29. The van der Waals surface area contributed by atoms with Crippen molar-refractivity contribution in [3.63, 3.8) is 0 Å². The molecule has 2 rings (SSSR count). The second kappa shape index (κ2) is 5.13. The van der Waals surface area contributed by atoms with E-state index in [-0.39, 0.29) is 10.6 Å². The maximum absolute atomic E-state index is 13.6. The second-order valence-electron chi connectivity index (χ2n) is 4.61. The molecule has 2 aromatic carbocycles. The third-order valence-electron chi connectivity index (χ3n) is 2.85. The highest BCUT2D eigenvalue weighted by Crippen LogP contribution is 2.23. The van der Waals surface area contributed by atoms with Gasteiger partial charge in [0, 0.05) is 5.69 Å². The number of aryl methyl sites for hydroxylation is 2. The van der Waals surface area contributed by atoms with Crippen LogP contribution in [0.15, 0.2) is 41.3 Å². The van der Waals surface area contributed by atoms with E-state index in [2.05, 4.69) is 4.72 Å². The van der Waals surface area contributed by atoms with Crippen molar-refractivity contribution in [2.45, 2.75) is 18.7 Å². The summed E-state index contributed by atoms with van der Waals surface area (Å²) in [6.45, 7) is 3.39. The van der Waals surface area contributed by atoms with Gasteiger partial charge in [-0.2, -0.15) is 0 Å². The molecule has 3 N–H and O–H groups in total. The molecule has 0 unspecified atom stereocenters. The molecule has 0 amide bonds. The zero-order chi connectivity index (χ0) is 14.9. The lowest BCUT2D eigenvalue weighted by molar-refractivity contribution is 0.598. The number of rotatable bonds is 3. The third kappa shape index (κ3) is 2.91. The molecule has 0 saturated carbocycles. The van der Waals surface area contributed by atoms with Gasteiger partial charge in [-0.1, -0.05) is 6.07 Å². The highest BCUT2D eigenvalue weighted by molar-refractivity contribution is 7.92. The lowest BCUT2D eigenvalue weighted by Crippen LogP contribution is -2.15. The quantitative estimate of drug-likeness (QED) is 0.855. The minimum atomic E-state index is -3.85. The zero-order valence-corrected chi connectivity index (χ0v) is 12.0. The summed E-state index contributed by atoms with van der Waals surface area (Å²) in [5.74, 6) is -0.618. The van der Waals surface area contributed by atoms with Gasteiger partial charge in [0.15, 0.2) is 0 Å². The summed E-state index contributed by atoms with van der Waals surface area (Å²) >= 11 is 0. The van der Waals surface area contributed by atoms with Gasteiger partial charge in [0.25, 0.3) is 10.0 Å². The Balaban J connectivity index is 2.43. The van der Waals surface area contributed by atoms with E-state index in [0.29, 0.717) is 11.3 Å². The largest absolute Gasteiger partial charge is 0.399 e. The van der Waals surface area contributed by atoms with Crippen molar-refractivity contribution in [1.29, 1.82) is 0 Å². The molecule has 0 aliphatic heterocycles. The highest BCUT2D eigenvalue weighted by atomic mass is 32.2. The predicted molar refractivity (Wildman–Crippen MR) is 77.5 cm³/mol. The summed E-state index contributed by atoms with van der Waals surface area (Å²) in [4.78, 5) is 0.0765. The standard InChI is InChI=1S/C14H15FN2O2S/c1-9-3-5-12(15)13(7-9)17-20(18,19)14-6-4-11(16)8-10(14)2/h3-8,17H,16H2,1-2H3. The van der Waals surface area contributed by atoms with Crippen molar-refractivity contribution in [2.75, 3.05) is 10.5 Å². The van der Waals surface area contributed by atoms with Crippen molar-refractivity contribution in [3.8, 4) is 0 Å². The molecule has 0 bridgehead atoms. The van der Waals surface area contributed by atoms with E-state index in [9.17, 15) is 12.8 Å². The number of hydrogen-bond donors (Lipinski definition) is 2. The van der Waals surface area contributed by atoms with Gasteiger partial charge in [0.1, 0.15) is 5.82 Å². The normalized spacial score (nSPS) is 11.3. The number of sulfonamides is 1. The number of anilines is 2. The SMILES string of the molecule is Cc1ccc(F)c(NS(=O)(=O)c2ccc(N)cc2C)c1. The molecule has 0 saturated heterocycles. The number of nitrogens with one attached hydrogen (secondary N) is 1. The van der Waals surface area contributed by atoms with Crippen LogP contribution in [0.1, 0.15) is 11.1 Å². The third-order valence-corrected chi connectivity index (χ3v) is 4.38. The molecule has 0 heterocycles. The van der Waals surface area contributed by atoms with Crippen LogP contribution in [0.2, 0.25) is 0 Å². The Bertz CT molecular complexity index is 758. The van der Waals surface area contributed by atoms with Crippen LogP contribution >= 0.6 is 0 Å². The number of hydrogen-bond acceptors (Lipinski definition) is 3. The van der Waals surface area contributed by atoms with E-state index in [4.69, 9.17) is 5.73 Å². The Morgan fingerprint density at radius 3 is 2.45 bits per heavy atom. The Labute approximate surface area is 117 Å². The summed E-state index contributed by atoms with van der Waals surface area (Å²) in [5, 5.41) is 0. The first-order valence-electron chi connectivity index (χ1n) is 5.95. The van der Waals surface area contributed by atoms with Crippen LogP contribution < -0.4 is 10.5 Å². The molecule has 0 radical (unpaired) electrons. The van der Waals surface area contributed by atoms with Crippen LogP contribution in [0.5, 0.6) is 0 Å². The molecule has 106 valence electrons. The van der Waals surface area contributed by atoms with Gasteiger partial charge in [-0.15, -0.1) is 0 Å². The molecule has 0 fully saturated rings. The fourth-order valence-electron chi connectivity index (χ4n) is 1.89. The Morgan fingerprint density at radius 1 is 1.10 bits per heavy atom. The monoisotopic (exact) mass is 294 g/mol. The van der Waals surface area contributed by atoms with Crippen molar-refractivity contribution in [1.82, 2.24) is 0 Å². The minimum absolute atomic E-state index is 0.0683. The van der Waals surface area contributed by atoms with Gasteiger partial charge in [0.05, 0.1) is 10.6 Å². The van der Waals surface area contributed by atoms with Crippen LogP contribution in [0, 0.1) is 19.7 Å². The molecular formula is C14H15FN2O2S. The summed E-state index contributed by atoms with van der Waals surface area (Å²) in [6, 6.07) is 8.69. The van der Waals surface area contributed by atoms with E-state index < -0.39 is 15.8 Å². The topological polar surface area (TPSA) is 72.2 Å². The van der Waals surface area contributed by atoms with Crippen molar-refractivity contribution in [2.24, 2.45) is 0 Å². The maximum Gasteiger partial charge on any atom is 0.262 e. The fraction of sp³-hybridized carbons (Fsp3) is 0.143. The fourth-order valence-corrected chi connectivity index (χ4v) is 3.18. The van der Waals surface area contributed by atoms with E-state index in [1.165, 1.54) is 24.3 Å². The van der Waals surface area contributed by atoms with Crippen LogP contribution in [0.4, 0.5) is 15.8 Å². The van der Waals surface area contributed by atoms with Gasteiger partial charge in [0.2, 0.25) is 0 Å². The molecule has 0 aromatic heterocycles. The second-order valence-corrected chi connectivity index (χ2v) is 6.26. The number of halogens is 1. The first-order valence-corrected chi connectivity index (χ1v) is 7.43. The van der Waals surface area contributed by atoms with Crippen molar-refractivity contribution in [3.05, 3.63) is 53.3 Å². The summed E-state index contributed by atoms with van der Waals surface area (Å²) < 4.78 is 40.5. The molecule has 20 heavy (non-hydrogen) atoms. The van der Waals surface area contributed by atoms with Gasteiger partial charge >= 0.3 is 0 Å². The van der Waals surface area contributed by atoms with Crippen LogP contribution in [-0.4, -0.2) is 8.42 Å². The van der Waals surface area contributed by atoms with Crippen LogP contribution in [0.3, 0.4) is 0 Å². The molecule has 2 aromatic rings. The van der Waals surface area contributed by atoms with E-state index >= 15 is 0 Å². The molecule has 0 atom stereocenters. The van der Waals surface area contributed by atoms with Crippen LogP contribution in [-0.2, 0) is 10.0 Å². The Hall–Kier alpha value is -2.08. The van der Waals surface area contributed by atoms with Gasteiger partial charge < -0.3 is 5.73 Å². The minimum Gasteiger partial charge on any atom is -0.399 e. The smallest absolute Gasteiger partial charge is 0.262 e. The van der Waals surface area contributed by atoms with Crippen LogP contribution in [0.25, 0.3) is 0 Å². The lowest BCUT2D eigenvalue weighted by Gasteiger charge is -2.12.